The highest BCUT2D eigenvalue weighted by molar-refractivity contribution is 6.03. The molecule has 0 saturated heterocycles. The molecule has 0 aliphatic carbocycles. The molecular formula is C20H13F2N3O2. The minimum absolute atomic E-state index is 0.00528. The summed E-state index contributed by atoms with van der Waals surface area (Å²) in [4.78, 5) is 12.1. The molecule has 27 heavy (non-hydrogen) atoms. The van der Waals surface area contributed by atoms with Crippen molar-refractivity contribution in [2.45, 2.75) is 0 Å². The number of aromatic nitrogens is 2. The average molecular weight is 365 g/mol. The van der Waals surface area contributed by atoms with E-state index in [1.807, 2.05) is 0 Å². The Morgan fingerprint density at radius 1 is 1.11 bits per heavy atom. The molecule has 0 atom stereocenters. The first-order valence-electron chi connectivity index (χ1n) is 8.06. The number of carbonyl (C=O) groups excluding carboxylic acids is 1. The van der Waals surface area contributed by atoms with Crippen molar-refractivity contribution in [1.82, 2.24) is 10.2 Å². The Morgan fingerprint density at radius 3 is 2.78 bits per heavy atom. The van der Waals surface area contributed by atoms with E-state index in [0.29, 0.717) is 22.2 Å². The molecule has 0 unspecified atom stereocenters. The molecule has 4 aromatic rings. The van der Waals surface area contributed by atoms with Crippen LogP contribution >= 0.6 is 0 Å². The van der Waals surface area contributed by atoms with Crippen LogP contribution in [-0.2, 0) is 0 Å². The third-order valence-corrected chi connectivity index (χ3v) is 3.96. The fraction of sp³-hybridized carbons (Fsp3) is 0. The van der Waals surface area contributed by atoms with Gasteiger partial charge in [0.15, 0.2) is 5.76 Å². The summed E-state index contributed by atoms with van der Waals surface area (Å²) < 4.78 is 32.6. The number of fused-ring (bicyclic) bond motifs is 1. The number of aromatic amines is 1. The molecule has 2 aromatic heterocycles. The number of benzene rings is 2. The van der Waals surface area contributed by atoms with Crippen molar-refractivity contribution < 1.29 is 18.0 Å². The molecule has 2 N–H and O–H groups in total. The number of rotatable bonds is 4. The molecule has 0 aliphatic rings. The van der Waals surface area contributed by atoms with Crippen LogP contribution in [0.5, 0.6) is 0 Å². The lowest BCUT2D eigenvalue weighted by molar-refractivity contribution is 0.0996. The molecular weight excluding hydrogens is 352 g/mol. The summed E-state index contributed by atoms with van der Waals surface area (Å²) in [5, 5.41) is 9.97. The van der Waals surface area contributed by atoms with Crippen LogP contribution in [0.1, 0.15) is 21.8 Å². The number of nitrogens with zero attached hydrogens (tertiary/aromatic N) is 1. The van der Waals surface area contributed by atoms with E-state index in [-0.39, 0.29) is 17.3 Å². The van der Waals surface area contributed by atoms with Gasteiger partial charge in [-0.3, -0.25) is 9.89 Å². The van der Waals surface area contributed by atoms with Crippen molar-refractivity contribution in [1.29, 1.82) is 0 Å². The quantitative estimate of drug-likeness (QED) is 0.543. The first-order chi connectivity index (χ1) is 13.1. The molecule has 1 amide bonds. The highest BCUT2D eigenvalue weighted by Gasteiger charge is 2.14. The predicted molar refractivity (Wildman–Crippen MR) is 98.0 cm³/mol. The van der Waals surface area contributed by atoms with Gasteiger partial charge in [0.2, 0.25) is 0 Å². The molecule has 5 nitrogen and oxygen atoms in total. The third kappa shape index (κ3) is 3.48. The second-order valence-electron chi connectivity index (χ2n) is 5.81. The number of carbonyl (C=O) groups is 1. The first kappa shape index (κ1) is 16.7. The van der Waals surface area contributed by atoms with Crippen molar-refractivity contribution in [3.63, 3.8) is 0 Å². The van der Waals surface area contributed by atoms with E-state index in [9.17, 15) is 13.6 Å². The zero-order valence-electron chi connectivity index (χ0n) is 13.9. The summed E-state index contributed by atoms with van der Waals surface area (Å²) in [6, 6.07) is 11.9. The maximum atomic E-state index is 14.3. The van der Waals surface area contributed by atoms with E-state index in [0.717, 1.165) is 0 Å². The van der Waals surface area contributed by atoms with Crippen LogP contribution in [-0.4, -0.2) is 16.1 Å². The fourth-order valence-electron chi connectivity index (χ4n) is 2.66. The fourth-order valence-corrected chi connectivity index (χ4v) is 2.66. The number of hydrogen-bond acceptors (Lipinski definition) is 3. The second-order valence-corrected chi connectivity index (χ2v) is 5.81. The Bertz CT molecular complexity index is 1150. The molecule has 7 heteroatoms. The van der Waals surface area contributed by atoms with Gasteiger partial charge in [0.05, 0.1) is 23.2 Å². The maximum absolute atomic E-state index is 14.3. The second kappa shape index (κ2) is 6.87. The van der Waals surface area contributed by atoms with E-state index < -0.39 is 11.7 Å². The average Bonchev–Trinajstić information content (AvgIpc) is 3.30. The van der Waals surface area contributed by atoms with Crippen molar-refractivity contribution in [3.8, 4) is 0 Å². The first-order valence-corrected chi connectivity index (χ1v) is 8.06. The Hall–Kier alpha value is -3.74. The van der Waals surface area contributed by atoms with Crippen molar-refractivity contribution in [2.24, 2.45) is 0 Å². The Morgan fingerprint density at radius 2 is 2.00 bits per heavy atom. The topological polar surface area (TPSA) is 70.9 Å². The van der Waals surface area contributed by atoms with Crippen molar-refractivity contribution >= 4 is 34.6 Å². The normalized spacial score (nSPS) is 11.3. The highest BCUT2D eigenvalue weighted by atomic mass is 19.1. The SMILES string of the molecule is O=C(Nc1cc2c(C=Cc3cccc(F)c3)n[nH]c2cc1F)c1ccco1. The molecule has 0 saturated carbocycles. The molecule has 0 aliphatic heterocycles. The van der Waals surface area contributed by atoms with Gasteiger partial charge in [0, 0.05) is 11.5 Å². The smallest absolute Gasteiger partial charge is 0.291 e. The molecule has 4 rings (SSSR count). The molecule has 0 fully saturated rings. The van der Waals surface area contributed by atoms with Gasteiger partial charge in [-0.05, 0) is 42.0 Å². The Kier molecular flexibility index (Phi) is 4.25. The van der Waals surface area contributed by atoms with E-state index >= 15 is 0 Å². The summed E-state index contributed by atoms with van der Waals surface area (Å²) in [5.41, 5.74) is 1.68. The van der Waals surface area contributed by atoms with E-state index in [4.69, 9.17) is 4.42 Å². The lowest BCUT2D eigenvalue weighted by Gasteiger charge is -2.05. The summed E-state index contributed by atoms with van der Waals surface area (Å²) in [6.45, 7) is 0. The molecule has 0 radical (unpaired) electrons. The van der Waals surface area contributed by atoms with Crippen LogP contribution in [0, 0.1) is 11.6 Å². The number of halogens is 2. The molecule has 134 valence electrons. The van der Waals surface area contributed by atoms with Gasteiger partial charge >= 0.3 is 0 Å². The van der Waals surface area contributed by atoms with Crippen LogP contribution in [0.3, 0.4) is 0 Å². The monoisotopic (exact) mass is 365 g/mol. The number of amides is 1. The Balaban J connectivity index is 1.66. The molecule has 2 heterocycles. The number of anilines is 1. The lowest BCUT2D eigenvalue weighted by Crippen LogP contribution is -2.12. The standard InChI is InChI=1S/C20H13F2N3O2/c21-13-4-1-3-12(9-13)6-7-16-14-10-18(15(22)11-17(14)25-24-16)23-20(26)19-5-2-8-27-19/h1-11H,(H,23,26)(H,24,25). The molecule has 2 aromatic carbocycles. The molecule has 0 bridgehead atoms. The lowest BCUT2D eigenvalue weighted by atomic mass is 10.1. The van der Waals surface area contributed by atoms with Crippen molar-refractivity contribution in [3.05, 3.63) is 83.4 Å². The van der Waals surface area contributed by atoms with Gasteiger partial charge in [0.25, 0.3) is 5.91 Å². The Labute approximate surface area is 152 Å². The van der Waals surface area contributed by atoms with Gasteiger partial charge in [-0.2, -0.15) is 5.10 Å². The van der Waals surface area contributed by atoms with Gasteiger partial charge in [-0.1, -0.05) is 18.2 Å². The third-order valence-electron chi connectivity index (χ3n) is 3.96. The van der Waals surface area contributed by atoms with E-state index in [2.05, 4.69) is 15.5 Å². The van der Waals surface area contributed by atoms with Gasteiger partial charge in [-0.25, -0.2) is 8.78 Å². The van der Waals surface area contributed by atoms with Gasteiger partial charge in [0.1, 0.15) is 11.6 Å². The van der Waals surface area contributed by atoms with Crippen LogP contribution in [0.2, 0.25) is 0 Å². The largest absolute Gasteiger partial charge is 0.459 e. The summed E-state index contributed by atoms with van der Waals surface area (Å²) in [5.74, 6) is -1.42. The summed E-state index contributed by atoms with van der Waals surface area (Å²) >= 11 is 0. The minimum Gasteiger partial charge on any atom is -0.459 e. The van der Waals surface area contributed by atoms with E-state index in [1.54, 1.807) is 30.4 Å². The number of hydrogen-bond donors (Lipinski definition) is 2. The molecule has 0 spiro atoms. The van der Waals surface area contributed by atoms with E-state index in [1.165, 1.54) is 36.6 Å². The predicted octanol–water partition coefficient (Wildman–Crippen LogP) is 4.86. The summed E-state index contributed by atoms with van der Waals surface area (Å²) in [7, 11) is 0. The minimum atomic E-state index is -0.605. The van der Waals surface area contributed by atoms with Gasteiger partial charge in [-0.15, -0.1) is 0 Å². The van der Waals surface area contributed by atoms with Crippen LogP contribution in [0.4, 0.5) is 14.5 Å². The number of nitrogens with one attached hydrogen (secondary N) is 2. The van der Waals surface area contributed by atoms with Crippen LogP contribution in [0.25, 0.3) is 23.1 Å². The summed E-state index contributed by atoms with van der Waals surface area (Å²) in [6.07, 6.45) is 4.74. The zero-order chi connectivity index (χ0) is 18.8. The highest BCUT2D eigenvalue weighted by Crippen LogP contribution is 2.26. The van der Waals surface area contributed by atoms with Crippen LogP contribution < -0.4 is 5.32 Å². The maximum Gasteiger partial charge on any atom is 0.291 e. The zero-order valence-corrected chi connectivity index (χ0v) is 13.9. The number of H-pyrrole nitrogens is 1. The van der Waals surface area contributed by atoms with Gasteiger partial charge < -0.3 is 9.73 Å². The van der Waals surface area contributed by atoms with Crippen LogP contribution in [0.15, 0.2) is 59.2 Å². The number of furan rings is 1. The van der Waals surface area contributed by atoms with Crippen molar-refractivity contribution in [2.75, 3.05) is 5.32 Å².